The van der Waals surface area contributed by atoms with Crippen molar-refractivity contribution in [2.24, 2.45) is 0 Å². The number of alkyl halides is 3. The second-order valence-electron chi connectivity index (χ2n) is 10.8. The first kappa shape index (κ1) is 33.0. The third-order valence-corrected chi connectivity index (χ3v) is 9.87. The van der Waals surface area contributed by atoms with Crippen molar-refractivity contribution in [3.8, 4) is 0 Å². The Morgan fingerprint density at radius 3 is 2.14 bits per heavy atom. The number of aliphatic hydroxyl groups is 1. The molecule has 8 nitrogen and oxygen atoms in total. The molecule has 2 amide bonds. The van der Waals surface area contributed by atoms with E-state index in [0.717, 1.165) is 12.1 Å². The molecule has 0 bridgehead atoms. The van der Waals surface area contributed by atoms with Gasteiger partial charge in [-0.2, -0.15) is 13.2 Å². The minimum absolute atomic E-state index is 0.0418. The average molecular weight is 632 g/mol. The monoisotopic (exact) mass is 631 g/mol. The molecule has 4 rings (SSSR count). The zero-order chi connectivity index (χ0) is 32.2. The minimum atomic E-state index is -4.43. The smallest absolute Gasteiger partial charge is 0.394 e. The number of benzene rings is 3. The summed E-state index contributed by atoms with van der Waals surface area (Å²) in [4.78, 5) is 30.0. The maximum Gasteiger partial charge on any atom is 0.416 e. The van der Waals surface area contributed by atoms with Crippen LogP contribution in [0, 0.1) is 0 Å². The number of hydrogen-bond donors (Lipinski definition) is 2. The second-order valence-corrected chi connectivity index (χ2v) is 13.1. The van der Waals surface area contributed by atoms with E-state index in [0.29, 0.717) is 41.9 Å². The number of rotatable bonds is 10. The van der Waals surface area contributed by atoms with Gasteiger partial charge in [0.2, 0.25) is 5.91 Å². The molecule has 0 spiro atoms. The summed E-state index contributed by atoms with van der Waals surface area (Å²) in [6, 6.07) is 16.4. The summed E-state index contributed by atoms with van der Waals surface area (Å²) < 4.78 is 63.5. The summed E-state index contributed by atoms with van der Waals surface area (Å²) in [7, 11) is -1.68. The lowest BCUT2D eigenvalue weighted by atomic mass is 9.95. The van der Waals surface area contributed by atoms with Crippen molar-refractivity contribution in [3.63, 3.8) is 0 Å². The van der Waals surface area contributed by atoms with Crippen LogP contribution in [-0.2, 0) is 20.8 Å². The van der Waals surface area contributed by atoms with Gasteiger partial charge in [0, 0.05) is 37.3 Å². The van der Waals surface area contributed by atoms with E-state index in [9.17, 15) is 36.3 Å². The number of halogens is 3. The highest BCUT2D eigenvalue weighted by molar-refractivity contribution is 7.91. The molecule has 0 aromatic heterocycles. The maximum atomic E-state index is 13.3. The van der Waals surface area contributed by atoms with Gasteiger partial charge in [-0.3, -0.25) is 9.59 Å². The normalized spacial score (nSPS) is 17.8. The van der Waals surface area contributed by atoms with Crippen LogP contribution in [0.4, 0.5) is 18.9 Å². The molecule has 12 heteroatoms. The molecule has 1 heterocycles. The van der Waals surface area contributed by atoms with Gasteiger partial charge in [-0.05, 0) is 73.0 Å². The van der Waals surface area contributed by atoms with Gasteiger partial charge in [0.15, 0.2) is 9.84 Å². The number of nitrogens with one attached hydrogen (secondary N) is 1. The Morgan fingerprint density at radius 2 is 1.61 bits per heavy atom. The van der Waals surface area contributed by atoms with E-state index < -0.39 is 46.2 Å². The van der Waals surface area contributed by atoms with Crippen LogP contribution in [0.25, 0.3) is 0 Å². The Balaban J connectivity index is 1.51. The summed E-state index contributed by atoms with van der Waals surface area (Å²) in [5, 5.41) is 12.7. The van der Waals surface area contributed by atoms with Crippen LogP contribution in [0.2, 0.25) is 0 Å². The number of likely N-dealkylation sites (N-methyl/N-ethyl adjacent to an activating group) is 1. The molecule has 3 aromatic carbocycles. The Kier molecular flexibility index (Phi) is 10.0. The largest absolute Gasteiger partial charge is 0.416 e. The molecule has 3 atom stereocenters. The van der Waals surface area contributed by atoms with Crippen molar-refractivity contribution in [1.82, 2.24) is 10.2 Å². The molecule has 1 aliphatic heterocycles. The fourth-order valence-corrected chi connectivity index (χ4v) is 6.19. The maximum absolute atomic E-state index is 13.3. The van der Waals surface area contributed by atoms with E-state index >= 15 is 0 Å². The van der Waals surface area contributed by atoms with E-state index in [1.165, 1.54) is 24.3 Å². The summed E-state index contributed by atoms with van der Waals surface area (Å²) in [5.41, 5.74) is 1.52. The quantitative estimate of drug-likeness (QED) is 0.333. The van der Waals surface area contributed by atoms with E-state index in [1.807, 2.05) is 11.8 Å². The third kappa shape index (κ3) is 7.24. The standard InChI is InChI=1S/C32H36F3N3O5S/c1-4-37(3)31(41)29-18-24(21-6-12-25(13-7-21)32(33,34)35)19-38(29)26-14-8-23(9-15-26)30(40)36-28(20-39)22-10-16-27(17-11-22)44(42,43)5-2/h6-17,24,28-29,39H,4-5,18-20H2,1-3H3,(H,36,40)/t24?,28-,29-/m0/s1. The van der Waals surface area contributed by atoms with E-state index in [2.05, 4.69) is 5.32 Å². The van der Waals surface area contributed by atoms with E-state index in [4.69, 9.17) is 0 Å². The van der Waals surface area contributed by atoms with Crippen LogP contribution in [0.5, 0.6) is 0 Å². The first-order valence-corrected chi connectivity index (χ1v) is 16.0. The van der Waals surface area contributed by atoms with Crippen molar-refractivity contribution >= 4 is 27.3 Å². The highest BCUT2D eigenvalue weighted by atomic mass is 32.2. The van der Waals surface area contributed by atoms with Crippen molar-refractivity contribution in [2.45, 2.75) is 49.3 Å². The summed E-state index contributed by atoms with van der Waals surface area (Å²) in [6.45, 7) is 3.91. The van der Waals surface area contributed by atoms with Gasteiger partial charge in [-0.25, -0.2) is 8.42 Å². The van der Waals surface area contributed by atoms with Crippen molar-refractivity contribution in [3.05, 3.63) is 95.1 Å². The molecule has 1 unspecified atom stereocenters. The molecule has 3 aromatic rings. The number of hydrogen-bond acceptors (Lipinski definition) is 6. The van der Waals surface area contributed by atoms with E-state index in [1.54, 1.807) is 55.3 Å². The molecule has 236 valence electrons. The highest BCUT2D eigenvalue weighted by Crippen LogP contribution is 2.37. The van der Waals surface area contributed by atoms with Crippen molar-refractivity contribution in [2.75, 3.05) is 37.4 Å². The Morgan fingerprint density at radius 1 is 1.00 bits per heavy atom. The fraction of sp³-hybridized carbons (Fsp3) is 0.375. The lowest BCUT2D eigenvalue weighted by Gasteiger charge is -2.29. The Bertz CT molecular complexity index is 1560. The SMILES string of the molecule is CCN(C)C(=O)[C@@H]1CC(c2ccc(C(F)(F)F)cc2)CN1c1ccc(C(=O)N[C@@H](CO)c2ccc(S(=O)(=O)CC)cc2)cc1. The predicted octanol–water partition coefficient (Wildman–Crippen LogP) is 4.80. The molecule has 1 saturated heterocycles. The molecule has 0 aliphatic carbocycles. The van der Waals surface area contributed by atoms with Crippen LogP contribution < -0.4 is 10.2 Å². The summed E-state index contributed by atoms with van der Waals surface area (Å²) >= 11 is 0. The Labute approximate surface area is 255 Å². The molecule has 1 fully saturated rings. The Hall–Kier alpha value is -3.90. The first-order chi connectivity index (χ1) is 20.8. The van der Waals surface area contributed by atoms with Crippen LogP contribution in [-0.4, -0.2) is 68.8 Å². The highest BCUT2D eigenvalue weighted by Gasteiger charge is 2.39. The number of carbonyl (C=O) groups excluding carboxylic acids is 2. The lowest BCUT2D eigenvalue weighted by Crippen LogP contribution is -2.44. The van der Waals surface area contributed by atoms with Crippen LogP contribution >= 0.6 is 0 Å². The van der Waals surface area contributed by atoms with E-state index in [-0.39, 0.29) is 22.5 Å². The second kappa shape index (κ2) is 13.4. The van der Waals surface area contributed by atoms with Gasteiger partial charge in [0.05, 0.1) is 28.9 Å². The van der Waals surface area contributed by atoms with Crippen molar-refractivity contribution < 1.29 is 36.3 Å². The van der Waals surface area contributed by atoms with Gasteiger partial charge in [0.1, 0.15) is 6.04 Å². The molecule has 2 N–H and O–H groups in total. The number of carbonyl (C=O) groups is 2. The number of anilines is 1. The third-order valence-electron chi connectivity index (χ3n) is 8.12. The summed E-state index contributed by atoms with van der Waals surface area (Å²) in [5.74, 6) is -0.779. The van der Waals surface area contributed by atoms with Gasteiger partial charge in [-0.15, -0.1) is 0 Å². The molecule has 0 radical (unpaired) electrons. The molecular weight excluding hydrogens is 595 g/mol. The number of sulfone groups is 1. The number of amides is 2. The molecule has 1 aliphatic rings. The van der Waals surface area contributed by atoms with Crippen LogP contribution in [0.15, 0.2) is 77.7 Å². The molecule has 44 heavy (non-hydrogen) atoms. The van der Waals surface area contributed by atoms with Gasteiger partial charge in [-0.1, -0.05) is 31.2 Å². The van der Waals surface area contributed by atoms with Gasteiger partial charge >= 0.3 is 6.18 Å². The topological polar surface area (TPSA) is 107 Å². The fourth-order valence-electron chi connectivity index (χ4n) is 5.31. The first-order valence-electron chi connectivity index (χ1n) is 14.3. The molecular formula is C32H36F3N3O5S. The van der Waals surface area contributed by atoms with Gasteiger partial charge in [0.25, 0.3) is 5.91 Å². The zero-order valence-electron chi connectivity index (χ0n) is 24.7. The lowest BCUT2D eigenvalue weighted by molar-refractivity contribution is -0.137. The summed E-state index contributed by atoms with van der Waals surface area (Å²) in [6.07, 6.45) is -4.01. The zero-order valence-corrected chi connectivity index (χ0v) is 25.5. The van der Waals surface area contributed by atoms with Crippen LogP contribution in [0.1, 0.15) is 59.3 Å². The van der Waals surface area contributed by atoms with Crippen LogP contribution in [0.3, 0.4) is 0 Å². The van der Waals surface area contributed by atoms with Crippen molar-refractivity contribution in [1.29, 1.82) is 0 Å². The average Bonchev–Trinajstić information content (AvgIpc) is 3.48. The van der Waals surface area contributed by atoms with Gasteiger partial charge < -0.3 is 20.2 Å². The molecule has 0 saturated carbocycles. The number of nitrogens with zero attached hydrogens (tertiary/aromatic N) is 2. The predicted molar refractivity (Wildman–Crippen MR) is 161 cm³/mol. The minimum Gasteiger partial charge on any atom is -0.394 e. The number of aliphatic hydroxyl groups excluding tert-OH is 1.